The van der Waals surface area contributed by atoms with E-state index in [0.717, 1.165) is 5.69 Å². The molecule has 0 amide bonds. The topological polar surface area (TPSA) is 57.6 Å². The van der Waals surface area contributed by atoms with Crippen LogP contribution in [0.5, 0.6) is 0 Å². The van der Waals surface area contributed by atoms with E-state index in [0.29, 0.717) is 13.0 Å². The number of para-hydroxylation sites is 1. The van der Waals surface area contributed by atoms with Crippen LogP contribution in [0.4, 0.5) is 5.69 Å². The number of anilines is 1. The maximum Gasteiger partial charge on any atom is 0.286 e. The van der Waals surface area contributed by atoms with Crippen LogP contribution in [0, 0.1) is 0 Å². The maximum absolute atomic E-state index is 11.3. The average Bonchev–Trinajstić information content (AvgIpc) is 2.28. The summed E-state index contributed by atoms with van der Waals surface area (Å²) < 4.78 is 31.9. The predicted octanol–water partition coefficient (Wildman–Crippen LogP) is 2.30. The van der Waals surface area contributed by atoms with Crippen molar-refractivity contribution in [3.63, 3.8) is 0 Å². The van der Waals surface area contributed by atoms with Crippen molar-refractivity contribution in [1.29, 1.82) is 0 Å². The third-order valence-corrected chi connectivity index (χ3v) is 3.73. The molecular weight excluding hydrogens is 238 g/mol. The van der Waals surface area contributed by atoms with Gasteiger partial charge in [-0.05, 0) is 18.6 Å². The van der Waals surface area contributed by atoms with Crippen molar-refractivity contribution in [2.24, 2.45) is 0 Å². The van der Waals surface area contributed by atoms with E-state index >= 15 is 0 Å². The quantitative estimate of drug-likeness (QED) is 0.626. The first-order valence-electron chi connectivity index (χ1n) is 5.39. The molecule has 1 aromatic rings. The van der Waals surface area contributed by atoms with Crippen LogP contribution >= 0.6 is 0 Å². The van der Waals surface area contributed by atoms with E-state index in [1.807, 2.05) is 18.2 Å². The van der Waals surface area contributed by atoms with E-state index in [-0.39, 0.29) is 0 Å². The molecule has 0 saturated carbocycles. The molecule has 0 aliphatic heterocycles. The highest BCUT2D eigenvalue weighted by atomic mass is 32.2. The van der Waals surface area contributed by atoms with Gasteiger partial charge in [0, 0.05) is 12.2 Å². The van der Waals surface area contributed by atoms with Crippen molar-refractivity contribution in [3.8, 4) is 0 Å². The fourth-order valence-electron chi connectivity index (χ4n) is 1.74. The van der Waals surface area contributed by atoms with Gasteiger partial charge in [-0.25, -0.2) is 0 Å². The van der Waals surface area contributed by atoms with Crippen LogP contribution in [0.15, 0.2) is 43.0 Å². The fourth-order valence-corrected chi connectivity index (χ4v) is 2.69. The van der Waals surface area contributed by atoms with Crippen LogP contribution in [0.25, 0.3) is 0 Å². The normalized spacial score (nSPS) is 13.1. The lowest BCUT2D eigenvalue weighted by molar-refractivity contribution is 0.461. The van der Waals surface area contributed by atoms with E-state index in [4.69, 9.17) is 0 Å². The smallest absolute Gasteiger partial charge is 0.286 e. The molecule has 1 aromatic carbocycles. The maximum atomic E-state index is 11.3. The van der Waals surface area contributed by atoms with Gasteiger partial charge in [-0.2, -0.15) is 8.42 Å². The van der Waals surface area contributed by atoms with Gasteiger partial charge in [0.1, 0.15) is 0 Å². The molecule has 0 saturated heterocycles. The molecule has 1 rings (SSSR count). The van der Waals surface area contributed by atoms with Gasteiger partial charge in [0.05, 0.1) is 0 Å². The largest absolute Gasteiger partial charge is 0.349 e. The second-order valence-corrected chi connectivity index (χ2v) is 5.23. The number of nitrogens with zero attached hydrogens (tertiary/aromatic N) is 1. The number of benzene rings is 1. The number of hydrogen-bond donors (Lipinski definition) is 1. The minimum absolute atomic E-state index is 0.307. The Morgan fingerprint density at radius 3 is 2.41 bits per heavy atom. The molecule has 17 heavy (non-hydrogen) atoms. The fraction of sp³-hybridized carbons (Fsp3) is 0.333. The molecule has 94 valence electrons. The molecular formula is C12H17NO3S. The molecule has 5 heteroatoms. The molecule has 1 atom stereocenters. The van der Waals surface area contributed by atoms with Gasteiger partial charge < -0.3 is 4.90 Å². The summed E-state index contributed by atoms with van der Waals surface area (Å²) in [5.41, 5.74) is 0.747. The van der Waals surface area contributed by atoms with Gasteiger partial charge in [0.2, 0.25) is 0 Å². The Hall–Kier alpha value is -1.33. The van der Waals surface area contributed by atoms with Gasteiger partial charge in [-0.1, -0.05) is 31.2 Å². The number of rotatable bonds is 6. The van der Waals surface area contributed by atoms with Crippen molar-refractivity contribution in [2.75, 3.05) is 11.4 Å². The minimum atomic E-state index is -4.11. The van der Waals surface area contributed by atoms with E-state index in [1.54, 1.807) is 30.0 Å². The first-order valence-corrected chi connectivity index (χ1v) is 6.90. The molecule has 0 radical (unpaired) electrons. The van der Waals surface area contributed by atoms with Gasteiger partial charge in [0.25, 0.3) is 10.1 Å². The highest BCUT2D eigenvalue weighted by Crippen LogP contribution is 2.20. The van der Waals surface area contributed by atoms with E-state index in [9.17, 15) is 13.0 Å². The first kappa shape index (κ1) is 13.7. The summed E-state index contributed by atoms with van der Waals surface area (Å²) in [6, 6.07) is 9.10. The van der Waals surface area contributed by atoms with E-state index < -0.39 is 15.5 Å². The predicted molar refractivity (Wildman–Crippen MR) is 69.6 cm³/mol. The zero-order chi connectivity index (χ0) is 12.9. The molecule has 0 fully saturated rings. The van der Waals surface area contributed by atoms with Gasteiger partial charge >= 0.3 is 0 Å². The van der Waals surface area contributed by atoms with Gasteiger partial charge in [0.15, 0.2) is 5.37 Å². The summed E-state index contributed by atoms with van der Waals surface area (Å²) in [6.45, 7) is 5.69. The van der Waals surface area contributed by atoms with Crippen molar-refractivity contribution >= 4 is 15.8 Å². The molecule has 0 spiro atoms. The van der Waals surface area contributed by atoms with E-state index in [2.05, 4.69) is 6.58 Å². The van der Waals surface area contributed by atoms with Crippen LogP contribution in [-0.2, 0) is 10.1 Å². The Morgan fingerprint density at radius 1 is 1.41 bits per heavy atom. The summed E-state index contributed by atoms with van der Waals surface area (Å²) >= 11 is 0. The van der Waals surface area contributed by atoms with Crippen LogP contribution in [0.3, 0.4) is 0 Å². The summed E-state index contributed by atoms with van der Waals surface area (Å²) in [5, 5.41) is -0.942. The Morgan fingerprint density at radius 2 is 2.00 bits per heavy atom. The van der Waals surface area contributed by atoms with Crippen molar-refractivity contribution in [1.82, 2.24) is 0 Å². The van der Waals surface area contributed by atoms with Crippen molar-refractivity contribution in [2.45, 2.75) is 18.7 Å². The second kappa shape index (κ2) is 5.84. The Labute approximate surface area is 102 Å². The van der Waals surface area contributed by atoms with Crippen LogP contribution in [0.2, 0.25) is 0 Å². The molecule has 0 aliphatic carbocycles. The molecule has 0 heterocycles. The zero-order valence-corrected chi connectivity index (χ0v) is 10.6. The van der Waals surface area contributed by atoms with Crippen molar-refractivity contribution < 1.29 is 13.0 Å². The molecule has 4 nitrogen and oxygen atoms in total. The monoisotopic (exact) mass is 255 g/mol. The first-order chi connectivity index (χ1) is 8.00. The molecule has 0 aliphatic rings. The van der Waals surface area contributed by atoms with Crippen LogP contribution < -0.4 is 4.90 Å². The summed E-state index contributed by atoms with van der Waals surface area (Å²) in [7, 11) is -4.11. The third-order valence-electron chi connectivity index (χ3n) is 2.45. The Kier molecular flexibility index (Phi) is 4.72. The van der Waals surface area contributed by atoms with Gasteiger partial charge in [-0.15, -0.1) is 6.58 Å². The molecule has 0 bridgehead atoms. The highest BCUT2D eigenvalue weighted by Gasteiger charge is 2.27. The number of hydrogen-bond acceptors (Lipinski definition) is 3. The van der Waals surface area contributed by atoms with Crippen molar-refractivity contribution in [3.05, 3.63) is 43.0 Å². The minimum Gasteiger partial charge on any atom is -0.349 e. The molecule has 1 N–H and O–H groups in total. The Bertz CT molecular complexity index is 456. The van der Waals surface area contributed by atoms with Crippen LogP contribution in [0.1, 0.15) is 13.3 Å². The lowest BCUT2D eigenvalue weighted by Crippen LogP contribution is -2.40. The van der Waals surface area contributed by atoms with Crippen LogP contribution in [-0.4, -0.2) is 24.9 Å². The average molecular weight is 255 g/mol. The van der Waals surface area contributed by atoms with E-state index in [1.165, 1.54) is 0 Å². The molecule has 1 unspecified atom stereocenters. The second-order valence-electron chi connectivity index (χ2n) is 3.65. The van der Waals surface area contributed by atoms with Gasteiger partial charge in [-0.3, -0.25) is 4.55 Å². The zero-order valence-electron chi connectivity index (χ0n) is 9.78. The summed E-state index contributed by atoms with van der Waals surface area (Å²) in [5.74, 6) is 0. The lowest BCUT2D eigenvalue weighted by atomic mass is 10.2. The summed E-state index contributed by atoms with van der Waals surface area (Å²) in [6.07, 6.45) is 1.92. The molecule has 0 aromatic heterocycles. The lowest BCUT2D eigenvalue weighted by Gasteiger charge is -2.29. The summed E-state index contributed by atoms with van der Waals surface area (Å²) in [4.78, 5) is 1.61. The Balaban J connectivity index is 3.12. The highest BCUT2D eigenvalue weighted by molar-refractivity contribution is 7.86. The third kappa shape index (κ3) is 3.57. The SMILES string of the molecule is C=CCN(c1ccccc1)C(CC)S(=O)(=O)O. The standard InChI is InChI=1S/C12H17NO3S/c1-3-10-13(11-8-6-5-7-9-11)12(4-2)17(14,15)16/h3,5-9,12H,1,4,10H2,2H3,(H,14,15,16).